The molecule has 0 aromatic carbocycles. The fourth-order valence-electron chi connectivity index (χ4n) is 2.39. The lowest BCUT2D eigenvalue weighted by Crippen LogP contribution is -2.51. The van der Waals surface area contributed by atoms with Crippen molar-refractivity contribution in [3.05, 3.63) is 0 Å². The molecule has 1 heterocycles. The van der Waals surface area contributed by atoms with E-state index in [1.165, 1.54) is 4.90 Å². The highest BCUT2D eigenvalue weighted by Gasteiger charge is 2.32. The summed E-state index contributed by atoms with van der Waals surface area (Å²) in [5, 5.41) is 9.21. The van der Waals surface area contributed by atoms with Crippen molar-refractivity contribution in [2.75, 3.05) is 6.54 Å². The Morgan fingerprint density at radius 2 is 2.11 bits per heavy atom. The molecule has 0 saturated carbocycles. The summed E-state index contributed by atoms with van der Waals surface area (Å²) in [7, 11) is 0. The van der Waals surface area contributed by atoms with Crippen LogP contribution >= 0.6 is 0 Å². The molecule has 18 heavy (non-hydrogen) atoms. The largest absolute Gasteiger partial charge is 0.480 e. The molecule has 1 amide bonds. The summed E-state index contributed by atoms with van der Waals surface area (Å²) in [6.45, 7) is 2.57. The molecule has 0 aromatic heterocycles. The molecule has 0 radical (unpaired) electrons. The van der Waals surface area contributed by atoms with Crippen LogP contribution in [0, 0.1) is 0 Å². The summed E-state index contributed by atoms with van der Waals surface area (Å²) in [6.07, 6.45) is 5.79. The Hall–Kier alpha value is -1.10. The lowest BCUT2D eigenvalue weighted by Gasteiger charge is -2.29. The third-order valence-corrected chi connectivity index (χ3v) is 3.51. The first-order valence-corrected chi connectivity index (χ1v) is 6.86. The van der Waals surface area contributed by atoms with Crippen LogP contribution in [-0.4, -0.2) is 40.5 Å². The Kier molecular flexibility index (Phi) is 6.12. The number of amides is 1. The summed E-state index contributed by atoms with van der Waals surface area (Å²) >= 11 is 0. The molecule has 3 N–H and O–H groups in total. The maximum Gasteiger partial charge on any atom is 0.326 e. The molecule has 1 fully saturated rings. The highest BCUT2D eigenvalue weighted by atomic mass is 16.4. The number of carbonyl (C=O) groups is 2. The number of carboxylic acid groups (broad SMARTS) is 1. The summed E-state index contributed by atoms with van der Waals surface area (Å²) in [4.78, 5) is 24.9. The standard InChI is InChI=1S/C13H24N2O3/c1-2-3-7-10(14)12(16)15-9-6-4-5-8-11(15)13(17)18/h10-11H,2-9,14H2,1H3,(H,17,18)/t10-,11?/m0/s1. The van der Waals surface area contributed by atoms with Crippen molar-refractivity contribution in [3.63, 3.8) is 0 Å². The molecule has 0 bridgehead atoms. The van der Waals surface area contributed by atoms with Gasteiger partial charge in [0.15, 0.2) is 0 Å². The van der Waals surface area contributed by atoms with Gasteiger partial charge in [-0.3, -0.25) is 4.79 Å². The summed E-state index contributed by atoms with van der Waals surface area (Å²) in [5.74, 6) is -1.11. The van der Waals surface area contributed by atoms with Crippen LogP contribution < -0.4 is 5.73 Å². The third kappa shape index (κ3) is 3.98. The minimum atomic E-state index is -0.909. The number of carboxylic acids is 1. The zero-order chi connectivity index (χ0) is 13.5. The van der Waals surface area contributed by atoms with Gasteiger partial charge in [0.2, 0.25) is 5.91 Å². The van der Waals surface area contributed by atoms with E-state index in [1.807, 2.05) is 6.92 Å². The van der Waals surface area contributed by atoms with Crippen LogP contribution in [0.1, 0.15) is 51.9 Å². The summed E-state index contributed by atoms with van der Waals surface area (Å²) in [5.41, 5.74) is 5.86. The van der Waals surface area contributed by atoms with Gasteiger partial charge in [-0.15, -0.1) is 0 Å². The van der Waals surface area contributed by atoms with Crippen molar-refractivity contribution in [1.82, 2.24) is 4.90 Å². The van der Waals surface area contributed by atoms with Crippen LogP contribution in [0.2, 0.25) is 0 Å². The van der Waals surface area contributed by atoms with E-state index in [4.69, 9.17) is 5.73 Å². The zero-order valence-corrected chi connectivity index (χ0v) is 11.1. The molecule has 1 aliphatic heterocycles. The molecule has 0 spiro atoms. The van der Waals surface area contributed by atoms with Crippen molar-refractivity contribution >= 4 is 11.9 Å². The average molecular weight is 256 g/mol. The zero-order valence-electron chi connectivity index (χ0n) is 11.1. The van der Waals surface area contributed by atoms with E-state index >= 15 is 0 Å². The predicted molar refractivity (Wildman–Crippen MR) is 69.1 cm³/mol. The number of nitrogens with zero attached hydrogens (tertiary/aromatic N) is 1. The lowest BCUT2D eigenvalue weighted by molar-refractivity contribution is -0.150. The number of unbranched alkanes of at least 4 members (excludes halogenated alkanes) is 1. The Balaban J connectivity index is 2.68. The summed E-state index contributed by atoms with van der Waals surface area (Å²) in [6, 6.07) is -1.24. The van der Waals surface area contributed by atoms with Gasteiger partial charge in [-0.05, 0) is 19.3 Å². The normalized spacial score (nSPS) is 22.3. The van der Waals surface area contributed by atoms with Crippen LogP contribution in [0.5, 0.6) is 0 Å². The number of rotatable bonds is 5. The van der Waals surface area contributed by atoms with Gasteiger partial charge >= 0.3 is 5.97 Å². The highest BCUT2D eigenvalue weighted by Crippen LogP contribution is 2.18. The molecule has 1 saturated heterocycles. The summed E-state index contributed by atoms with van der Waals surface area (Å²) < 4.78 is 0. The second kappa shape index (κ2) is 7.36. The molecule has 0 aromatic rings. The average Bonchev–Trinajstić information content (AvgIpc) is 2.60. The van der Waals surface area contributed by atoms with Crippen LogP contribution in [0.25, 0.3) is 0 Å². The fraction of sp³-hybridized carbons (Fsp3) is 0.846. The number of nitrogens with two attached hydrogens (primary N) is 1. The molecule has 1 aliphatic rings. The minimum absolute atomic E-state index is 0.197. The van der Waals surface area contributed by atoms with Gasteiger partial charge in [-0.1, -0.05) is 32.6 Å². The van der Waals surface area contributed by atoms with Gasteiger partial charge in [0, 0.05) is 6.54 Å². The number of hydrogen-bond donors (Lipinski definition) is 2. The number of carbonyl (C=O) groups excluding carboxylic acids is 1. The van der Waals surface area contributed by atoms with E-state index in [1.54, 1.807) is 0 Å². The predicted octanol–water partition coefficient (Wildman–Crippen LogP) is 1.36. The minimum Gasteiger partial charge on any atom is -0.480 e. The van der Waals surface area contributed by atoms with Crippen molar-refractivity contribution < 1.29 is 14.7 Å². The van der Waals surface area contributed by atoms with Crippen LogP contribution in [0.15, 0.2) is 0 Å². The monoisotopic (exact) mass is 256 g/mol. The topological polar surface area (TPSA) is 83.6 Å². The van der Waals surface area contributed by atoms with E-state index in [0.717, 1.165) is 32.1 Å². The Morgan fingerprint density at radius 3 is 2.72 bits per heavy atom. The SMILES string of the molecule is CCCC[C@H](N)C(=O)N1CCCCCC1C(=O)O. The smallest absolute Gasteiger partial charge is 0.326 e. The first kappa shape index (κ1) is 15.0. The number of aliphatic carboxylic acids is 1. The van der Waals surface area contributed by atoms with Gasteiger partial charge in [0.25, 0.3) is 0 Å². The van der Waals surface area contributed by atoms with E-state index in [0.29, 0.717) is 19.4 Å². The lowest BCUT2D eigenvalue weighted by atomic mass is 10.1. The third-order valence-electron chi connectivity index (χ3n) is 3.51. The van der Waals surface area contributed by atoms with E-state index in [2.05, 4.69) is 0 Å². The number of likely N-dealkylation sites (tertiary alicyclic amines) is 1. The molecule has 0 aliphatic carbocycles. The van der Waals surface area contributed by atoms with Crippen LogP contribution in [-0.2, 0) is 9.59 Å². The fourth-order valence-corrected chi connectivity index (χ4v) is 2.39. The molecule has 2 atom stereocenters. The second-order valence-electron chi connectivity index (χ2n) is 4.98. The second-order valence-corrected chi connectivity index (χ2v) is 4.98. The molecule has 104 valence electrons. The van der Waals surface area contributed by atoms with Gasteiger partial charge in [-0.25, -0.2) is 4.79 Å². The molecule has 5 heteroatoms. The van der Waals surface area contributed by atoms with E-state index in [-0.39, 0.29) is 5.91 Å². The van der Waals surface area contributed by atoms with Gasteiger partial charge in [0.05, 0.1) is 6.04 Å². The highest BCUT2D eigenvalue weighted by molar-refractivity contribution is 5.86. The van der Waals surface area contributed by atoms with Crippen molar-refractivity contribution in [2.45, 2.75) is 64.0 Å². The van der Waals surface area contributed by atoms with Gasteiger partial charge in [-0.2, -0.15) is 0 Å². The Morgan fingerprint density at radius 1 is 1.39 bits per heavy atom. The first-order valence-electron chi connectivity index (χ1n) is 6.86. The van der Waals surface area contributed by atoms with Gasteiger partial charge in [0.1, 0.15) is 6.04 Å². The maximum absolute atomic E-state index is 12.2. The quantitative estimate of drug-likeness (QED) is 0.778. The van der Waals surface area contributed by atoms with Crippen LogP contribution in [0.4, 0.5) is 0 Å². The molecule has 1 unspecified atom stereocenters. The van der Waals surface area contributed by atoms with Gasteiger partial charge < -0.3 is 15.7 Å². The van der Waals surface area contributed by atoms with E-state index < -0.39 is 18.1 Å². The molecular formula is C13H24N2O3. The van der Waals surface area contributed by atoms with Crippen LogP contribution in [0.3, 0.4) is 0 Å². The first-order chi connectivity index (χ1) is 8.57. The maximum atomic E-state index is 12.2. The van der Waals surface area contributed by atoms with Crippen molar-refractivity contribution in [2.24, 2.45) is 5.73 Å². The molecule has 1 rings (SSSR count). The van der Waals surface area contributed by atoms with Crippen molar-refractivity contribution in [1.29, 1.82) is 0 Å². The number of hydrogen-bond acceptors (Lipinski definition) is 3. The Labute approximate surface area is 108 Å². The Bertz CT molecular complexity index is 294. The van der Waals surface area contributed by atoms with Crippen molar-refractivity contribution in [3.8, 4) is 0 Å². The molecule has 5 nitrogen and oxygen atoms in total. The van der Waals surface area contributed by atoms with E-state index in [9.17, 15) is 14.7 Å². The molecular weight excluding hydrogens is 232 g/mol.